The topological polar surface area (TPSA) is 0 Å². The fourth-order valence-corrected chi connectivity index (χ4v) is 2.68. The van der Waals surface area contributed by atoms with Crippen LogP contribution in [-0.4, -0.2) is 0 Å². The summed E-state index contributed by atoms with van der Waals surface area (Å²) >= 11 is 6.98. The minimum Gasteiger partial charge on any atom is -0.0538 e. The lowest BCUT2D eigenvalue weighted by Gasteiger charge is -2.05. The first-order chi connectivity index (χ1) is 8.72. The molecule has 0 aliphatic rings. The van der Waals surface area contributed by atoms with Crippen molar-refractivity contribution in [1.82, 2.24) is 0 Å². The Kier molecular flexibility index (Phi) is 3.23. The number of fused-ring (bicyclic) bond motifs is 1. The number of rotatable bonds is 1. The molecule has 0 amide bonds. The molecule has 3 aromatic carbocycles. The van der Waals surface area contributed by atoms with Crippen LogP contribution in [0.4, 0.5) is 0 Å². The van der Waals surface area contributed by atoms with E-state index in [1.807, 2.05) is 0 Å². The molecule has 0 atom stereocenters. The van der Waals surface area contributed by atoms with E-state index >= 15 is 0 Å². The normalized spacial score (nSPS) is 10.8. The molecule has 0 saturated carbocycles. The molecule has 88 valence electrons. The number of benzene rings is 3. The Morgan fingerprint density at radius 1 is 0.500 bits per heavy atom. The van der Waals surface area contributed by atoms with Crippen LogP contribution in [-0.2, 0) is 0 Å². The highest BCUT2D eigenvalue weighted by atomic mass is 79.9. The molecule has 3 aromatic rings. The summed E-state index contributed by atoms with van der Waals surface area (Å²) in [5.41, 5.74) is 2.48. The predicted octanol–water partition coefficient (Wildman–Crippen LogP) is 6.03. The summed E-state index contributed by atoms with van der Waals surface area (Å²) in [6.45, 7) is 0. The Hall–Kier alpha value is -1.12. The van der Waals surface area contributed by atoms with Crippen LogP contribution in [0, 0.1) is 0 Å². The van der Waals surface area contributed by atoms with Crippen molar-refractivity contribution in [3.8, 4) is 11.1 Å². The van der Waals surface area contributed by atoms with Crippen LogP contribution in [0.5, 0.6) is 0 Å². The third-order valence-corrected chi connectivity index (χ3v) is 4.00. The Labute approximate surface area is 123 Å². The lowest BCUT2D eigenvalue weighted by molar-refractivity contribution is 1.61. The van der Waals surface area contributed by atoms with Gasteiger partial charge in [-0.3, -0.25) is 0 Å². The monoisotopic (exact) mass is 360 g/mol. The first-order valence-corrected chi connectivity index (χ1v) is 7.26. The molecule has 0 N–H and O–H groups in total. The predicted molar refractivity (Wildman–Crippen MR) is 84.8 cm³/mol. The standard InChI is InChI=1S/C16H10Br2/c17-15-6-3-11(4-7-15)13-2-1-12-5-8-16(18)10-14(12)9-13/h1-10H. The third kappa shape index (κ3) is 2.36. The van der Waals surface area contributed by atoms with Gasteiger partial charge in [-0.25, -0.2) is 0 Å². The minimum atomic E-state index is 1.11. The molecule has 0 unspecified atom stereocenters. The van der Waals surface area contributed by atoms with Crippen LogP contribution in [0.15, 0.2) is 69.6 Å². The van der Waals surface area contributed by atoms with Crippen molar-refractivity contribution in [3.63, 3.8) is 0 Å². The highest BCUT2D eigenvalue weighted by molar-refractivity contribution is 9.10. The minimum absolute atomic E-state index is 1.11. The number of hydrogen-bond acceptors (Lipinski definition) is 0. The average molecular weight is 362 g/mol. The summed E-state index contributed by atoms with van der Waals surface area (Å²) < 4.78 is 2.22. The van der Waals surface area contributed by atoms with Crippen LogP contribution in [0.25, 0.3) is 21.9 Å². The lowest BCUT2D eigenvalue weighted by atomic mass is 10.0. The SMILES string of the molecule is Brc1ccc(-c2ccc3ccc(Br)cc3c2)cc1. The van der Waals surface area contributed by atoms with Crippen molar-refractivity contribution in [3.05, 3.63) is 69.6 Å². The van der Waals surface area contributed by atoms with Gasteiger partial charge in [-0.15, -0.1) is 0 Å². The Bertz CT molecular complexity index is 700. The van der Waals surface area contributed by atoms with E-state index in [-0.39, 0.29) is 0 Å². The highest BCUT2D eigenvalue weighted by Gasteiger charge is 2.00. The molecule has 0 aliphatic carbocycles. The summed E-state index contributed by atoms with van der Waals surface area (Å²) in [5.74, 6) is 0. The van der Waals surface area contributed by atoms with E-state index in [2.05, 4.69) is 92.5 Å². The molecule has 0 aromatic heterocycles. The first-order valence-electron chi connectivity index (χ1n) is 5.68. The molecule has 18 heavy (non-hydrogen) atoms. The van der Waals surface area contributed by atoms with Crippen molar-refractivity contribution in [1.29, 1.82) is 0 Å². The van der Waals surface area contributed by atoms with Crippen LogP contribution in [0.3, 0.4) is 0 Å². The van der Waals surface area contributed by atoms with Crippen molar-refractivity contribution in [2.24, 2.45) is 0 Å². The van der Waals surface area contributed by atoms with Gasteiger partial charge in [0.05, 0.1) is 0 Å². The van der Waals surface area contributed by atoms with E-state index in [9.17, 15) is 0 Å². The molecule has 3 rings (SSSR count). The van der Waals surface area contributed by atoms with Gasteiger partial charge in [0, 0.05) is 8.95 Å². The second-order valence-electron chi connectivity index (χ2n) is 4.21. The Balaban J connectivity index is 2.15. The second-order valence-corrected chi connectivity index (χ2v) is 6.04. The van der Waals surface area contributed by atoms with E-state index < -0.39 is 0 Å². The van der Waals surface area contributed by atoms with Gasteiger partial charge in [0.15, 0.2) is 0 Å². The quantitative estimate of drug-likeness (QED) is 0.496. The molecule has 0 heterocycles. The molecule has 0 radical (unpaired) electrons. The van der Waals surface area contributed by atoms with Crippen LogP contribution in [0.1, 0.15) is 0 Å². The van der Waals surface area contributed by atoms with Gasteiger partial charge in [0.25, 0.3) is 0 Å². The van der Waals surface area contributed by atoms with Crippen molar-refractivity contribution in [2.75, 3.05) is 0 Å². The third-order valence-electron chi connectivity index (χ3n) is 2.98. The van der Waals surface area contributed by atoms with Crippen LogP contribution < -0.4 is 0 Å². The zero-order valence-electron chi connectivity index (χ0n) is 9.53. The van der Waals surface area contributed by atoms with Crippen molar-refractivity contribution in [2.45, 2.75) is 0 Å². The van der Waals surface area contributed by atoms with E-state index in [4.69, 9.17) is 0 Å². The molecular weight excluding hydrogens is 352 g/mol. The van der Waals surface area contributed by atoms with Gasteiger partial charge >= 0.3 is 0 Å². The Morgan fingerprint density at radius 3 is 1.89 bits per heavy atom. The first kappa shape index (κ1) is 11.9. The van der Waals surface area contributed by atoms with Gasteiger partial charge in [-0.05, 0) is 52.2 Å². The zero-order chi connectivity index (χ0) is 12.5. The van der Waals surface area contributed by atoms with Crippen LogP contribution in [0.2, 0.25) is 0 Å². The summed E-state index contributed by atoms with van der Waals surface area (Å²) in [7, 11) is 0. The number of halogens is 2. The summed E-state index contributed by atoms with van der Waals surface area (Å²) in [5, 5.41) is 2.52. The molecular formula is C16H10Br2. The van der Waals surface area contributed by atoms with Gasteiger partial charge in [-0.2, -0.15) is 0 Å². The summed E-state index contributed by atoms with van der Waals surface area (Å²) in [4.78, 5) is 0. The molecule has 0 bridgehead atoms. The van der Waals surface area contributed by atoms with E-state index in [0.29, 0.717) is 0 Å². The molecule has 2 heteroatoms. The molecule has 0 saturated heterocycles. The van der Waals surface area contributed by atoms with Crippen molar-refractivity contribution >= 4 is 42.6 Å². The van der Waals surface area contributed by atoms with Crippen molar-refractivity contribution < 1.29 is 0 Å². The molecule has 0 spiro atoms. The fourth-order valence-electron chi connectivity index (χ4n) is 2.04. The maximum atomic E-state index is 3.52. The van der Waals surface area contributed by atoms with Gasteiger partial charge in [0.2, 0.25) is 0 Å². The number of hydrogen-bond donors (Lipinski definition) is 0. The fraction of sp³-hybridized carbons (Fsp3) is 0. The summed E-state index contributed by atoms with van der Waals surface area (Å²) in [6, 6.07) is 21.3. The zero-order valence-corrected chi connectivity index (χ0v) is 12.7. The molecule has 0 nitrogen and oxygen atoms in total. The van der Waals surface area contributed by atoms with E-state index in [1.165, 1.54) is 21.9 Å². The molecule has 0 fully saturated rings. The van der Waals surface area contributed by atoms with Gasteiger partial charge in [0.1, 0.15) is 0 Å². The summed E-state index contributed by atoms with van der Waals surface area (Å²) in [6.07, 6.45) is 0. The second kappa shape index (κ2) is 4.87. The molecule has 0 aliphatic heterocycles. The van der Waals surface area contributed by atoms with Crippen LogP contribution >= 0.6 is 31.9 Å². The van der Waals surface area contributed by atoms with E-state index in [1.54, 1.807) is 0 Å². The lowest BCUT2D eigenvalue weighted by Crippen LogP contribution is -1.79. The maximum Gasteiger partial charge on any atom is 0.0181 e. The van der Waals surface area contributed by atoms with E-state index in [0.717, 1.165) is 8.95 Å². The Morgan fingerprint density at radius 2 is 1.11 bits per heavy atom. The highest BCUT2D eigenvalue weighted by Crippen LogP contribution is 2.27. The van der Waals surface area contributed by atoms with Gasteiger partial charge in [-0.1, -0.05) is 62.2 Å². The smallest absolute Gasteiger partial charge is 0.0181 e. The maximum absolute atomic E-state index is 3.52. The largest absolute Gasteiger partial charge is 0.0538 e. The van der Waals surface area contributed by atoms with Gasteiger partial charge < -0.3 is 0 Å². The average Bonchev–Trinajstić information content (AvgIpc) is 2.38.